The first kappa shape index (κ1) is 12.5. The number of anilines is 1. The van der Waals surface area contributed by atoms with E-state index in [1.807, 2.05) is 13.0 Å². The lowest BCUT2D eigenvalue weighted by Crippen LogP contribution is -2.43. The van der Waals surface area contributed by atoms with Gasteiger partial charge in [-0.2, -0.15) is 0 Å². The Hall–Kier alpha value is -0.910. The van der Waals surface area contributed by atoms with Gasteiger partial charge in [0.25, 0.3) is 0 Å². The second-order valence-corrected chi connectivity index (χ2v) is 4.64. The van der Waals surface area contributed by atoms with Crippen LogP contribution in [0, 0.1) is 6.92 Å². The first-order valence-electron chi connectivity index (χ1n) is 5.68. The number of hydrogen-bond acceptors (Lipinski definition) is 5. The minimum absolute atomic E-state index is 0.197. The summed E-state index contributed by atoms with van der Waals surface area (Å²) in [5, 5.41) is 3.50. The molecule has 1 saturated heterocycles. The van der Waals surface area contributed by atoms with E-state index in [2.05, 4.69) is 27.2 Å². The molecule has 1 atom stereocenters. The van der Waals surface area contributed by atoms with E-state index in [0.717, 1.165) is 37.8 Å². The Balaban J connectivity index is 1.88. The highest BCUT2D eigenvalue weighted by atomic mass is 35.5. The highest BCUT2D eigenvalue weighted by molar-refractivity contribution is 6.28. The predicted molar refractivity (Wildman–Crippen MR) is 67.5 cm³/mol. The molecule has 1 N–H and O–H groups in total. The summed E-state index contributed by atoms with van der Waals surface area (Å²) < 4.78 is 5.65. The van der Waals surface area contributed by atoms with E-state index in [-0.39, 0.29) is 11.4 Å². The lowest BCUT2D eigenvalue weighted by molar-refractivity contribution is -0.0117. The van der Waals surface area contributed by atoms with Crippen LogP contribution in [0.25, 0.3) is 0 Å². The van der Waals surface area contributed by atoms with Gasteiger partial charge in [0.05, 0.1) is 12.7 Å². The van der Waals surface area contributed by atoms with Crippen LogP contribution in [0.3, 0.4) is 0 Å². The summed E-state index contributed by atoms with van der Waals surface area (Å²) in [6.07, 6.45) is 0.197. The minimum Gasteiger partial charge on any atom is -0.374 e. The average molecular weight is 257 g/mol. The molecule has 17 heavy (non-hydrogen) atoms. The van der Waals surface area contributed by atoms with Crippen LogP contribution in [-0.2, 0) is 4.74 Å². The SMILES string of the molecule is Cc1cc(NCC2CN(C)CCO2)nc(Cl)n1. The first-order chi connectivity index (χ1) is 8.13. The Morgan fingerprint density at radius 2 is 2.41 bits per heavy atom. The summed E-state index contributed by atoms with van der Waals surface area (Å²) in [5.41, 5.74) is 0.856. The molecule has 0 bridgehead atoms. The zero-order valence-electron chi connectivity index (χ0n) is 10.1. The number of hydrogen-bond donors (Lipinski definition) is 1. The minimum atomic E-state index is 0.197. The maximum atomic E-state index is 5.79. The third-order valence-electron chi connectivity index (χ3n) is 2.68. The summed E-state index contributed by atoms with van der Waals surface area (Å²) in [6.45, 7) is 5.34. The molecule has 0 radical (unpaired) electrons. The number of rotatable bonds is 3. The van der Waals surface area contributed by atoms with Crippen LogP contribution in [0.15, 0.2) is 6.07 Å². The number of morpholine rings is 1. The Morgan fingerprint density at radius 3 is 3.12 bits per heavy atom. The number of aryl methyl sites for hydroxylation is 1. The molecular weight excluding hydrogens is 240 g/mol. The summed E-state index contributed by atoms with van der Waals surface area (Å²) in [7, 11) is 2.10. The van der Waals surface area contributed by atoms with Crippen LogP contribution in [-0.4, -0.2) is 54.3 Å². The second-order valence-electron chi connectivity index (χ2n) is 4.30. The maximum absolute atomic E-state index is 5.79. The van der Waals surface area contributed by atoms with Gasteiger partial charge in [0.15, 0.2) is 0 Å². The van der Waals surface area contributed by atoms with E-state index >= 15 is 0 Å². The summed E-state index contributed by atoms with van der Waals surface area (Å²) in [5.74, 6) is 0.749. The van der Waals surface area contributed by atoms with Gasteiger partial charge in [-0.15, -0.1) is 0 Å². The van der Waals surface area contributed by atoms with Crippen LogP contribution in [0.1, 0.15) is 5.69 Å². The highest BCUT2D eigenvalue weighted by Gasteiger charge is 2.17. The van der Waals surface area contributed by atoms with Gasteiger partial charge in [0.2, 0.25) is 5.28 Å². The maximum Gasteiger partial charge on any atom is 0.224 e. The van der Waals surface area contributed by atoms with E-state index in [0.29, 0.717) is 0 Å². The van der Waals surface area contributed by atoms with E-state index in [1.165, 1.54) is 0 Å². The van der Waals surface area contributed by atoms with Crippen molar-refractivity contribution in [1.82, 2.24) is 14.9 Å². The van der Waals surface area contributed by atoms with Gasteiger partial charge in [-0.1, -0.05) is 0 Å². The zero-order valence-corrected chi connectivity index (χ0v) is 10.9. The zero-order chi connectivity index (χ0) is 12.3. The Kier molecular flexibility index (Phi) is 4.15. The second kappa shape index (κ2) is 5.62. The number of aromatic nitrogens is 2. The molecule has 6 heteroatoms. The molecular formula is C11H17ClN4O. The molecule has 94 valence electrons. The molecule has 1 aliphatic heterocycles. The number of ether oxygens (including phenoxy) is 1. The quantitative estimate of drug-likeness (QED) is 0.823. The highest BCUT2D eigenvalue weighted by Crippen LogP contribution is 2.10. The number of nitrogens with zero attached hydrogens (tertiary/aromatic N) is 3. The molecule has 1 aromatic rings. The van der Waals surface area contributed by atoms with Crippen LogP contribution < -0.4 is 5.32 Å². The standard InChI is InChI=1S/C11H17ClN4O/c1-8-5-10(15-11(12)14-8)13-6-9-7-16(2)3-4-17-9/h5,9H,3-4,6-7H2,1-2H3,(H,13,14,15). The topological polar surface area (TPSA) is 50.3 Å². The van der Waals surface area contributed by atoms with Crippen LogP contribution in [0.4, 0.5) is 5.82 Å². The van der Waals surface area contributed by atoms with Gasteiger partial charge in [-0.3, -0.25) is 0 Å². The summed E-state index contributed by atoms with van der Waals surface area (Å²) >= 11 is 5.79. The molecule has 1 unspecified atom stereocenters. The number of nitrogens with one attached hydrogen (secondary N) is 1. The van der Waals surface area contributed by atoms with E-state index < -0.39 is 0 Å². The predicted octanol–water partition coefficient (Wildman–Crippen LogP) is 1.18. The molecule has 2 rings (SSSR count). The van der Waals surface area contributed by atoms with Crippen molar-refractivity contribution >= 4 is 17.4 Å². The smallest absolute Gasteiger partial charge is 0.224 e. The fourth-order valence-corrected chi connectivity index (χ4v) is 2.06. The van der Waals surface area contributed by atoms with Crippen molar-refractivity contribution in [2.24, 2.45) is 0 Å². The molecule has 0 aliphatic carbocycles. The van der Waals surface area contributed by atoms with Crippen molar-refractivity contribution in [1.29, 1.82) is 0 Å². The monoisotopic (exact) mass is 256 g/mol. The van der Waals surface area contributed by atoms with Gasteiger partial charge < -0.3 is 15.0 Å². The molecule has 1 aromatic heterocycles. The van der Waals surface area contributed by atoms with E-state index in [1.54, 1.807) is 0 Å². The molecule has 1 fully saturated rings. The van der Waals surface area contributed by atoms with Gasteiger partial charge in [-0.05, 0) is 25.6 Å². The lowest BCUT2D eigenvalue weighted by Gasteiger charge is -2.30. The Morgan fingerprint density at radius 1 is 1.59 bits per heavy atom. The van der Waals surface area contributed by atoms with Crippen molar-refractivity contribution in [3.05, 3.63) is 17.0 Å². The number of likely N-dealkylation sites (N-methyl/N-ethyl adjacent to an activating group) is 1. The molecule has 0 spiro atoms. The Labute approximate surface area is 106 Å². The fraction of sp³-hybridized carbons (Fsp3) is 0.636. The van der Waals surface area contributed by atoms with Crippen LogP contribution in [0.5, 0.6) is 0 Å². The van der Waals surface area contributed by atoms with Crippen LogP contribution >= 0.6 is 11.6 Å². The molecule has 0 amide bonds. The van der Waals surface area contributed by atoms with E-state index in [4.69, 9.17) is 16.3 Å². The third-order valence-corrected chi connectivity index (χ3v) is 2.85. The lowest BCUT2D eigenvalue weighted by atomic mass is 10.3. The van der Waals surface area contributed by atoms with Crippen molar-refractivity contribution in [3.8, 4) is 0 Å². The van der Waals surface area contributed by atoms with Crippen molar-refractivity contribution < 1.29 is 4.74 Å². The van der Waals surface area contributed by atoms with Crippen molar-refractivity contribution in [2.45, 2.75) is 13.0 Å². The first-order valence-corrected chi connectivity index (χ1v) is 6.06. The molecule has 2 heterocycles. The average Bonchev–Trinajstić information content (AvgIpc) is 2.25. The fourth-order valence-electron chi connectivity index (χ4n) is 1.83. The van der Waals surface area contributed by atoms with Gasteiger partial charge >= 0.3 is 0 Å². The normalized spacial score (nSPS) is 21.5. The molecule has 0 aromatic carbocycles. The van der Waals surface area contributed by atoms with Crippen molar-refractivity contribution in [3.63, 3.8) is 0 Å². The Bertz CT molecular complexity index is 367. The summed E-state index contributed by atoms with van der Waals surface area (Å²) in [6, 6.07) is 1.87. The van der Waals surface area contributed by atoms with E-state index in [9.17, 15) is 0 Å². The van der Waals surface area contributed by atoms with Crippen molar-refractivity contribution in [2.75, 3.05) is 38.6 Å². The molecule has 1 aliphatic rings. The largest absolute Gasteiger partial charge is 0.374 e. The van der Waals surface area contributed by atoms with Gasteiger partial charge in [0, 0.05) is 31.4 Å². The molecule has 5 nitrogen and oxygen atoms in total. The van der Waals surface area contributed by atoms with Gasteiger partial charge in [0.1, 0.15) is 5.82 Å². The molecule has 0 saturated carbocycles. The van der Waals surface area contributed by atoms with Gasteiger partial charge in [-0.25, -0.2) is 9.97 Å². The number of halogens is 1. The third kappa shape index (κ3) is 3.80. The van der Waals surface area contributed by atoms with Crippen LogP contribution in [0.2, 0.25) is 5.28 Å². The summed E-state index contributed by atoms with van der Waals surface area (Å²) in [4.78, 5) is 10.4.